The van der Waals surface area contributed by atoms with E-state index in [-0.39, 0.29) is 12.5 Å². The van der Waals surface area contributed by atoms with Crippen molar-refractivity contribution in [3.8, 4) is 5.75 Å². The van der Waals surface area contributed by atoms with E-state index in [0.29, 0.717) is 56.7 Å². The van der Waals surface area contributed by atoms with Gasteiger partial charge in [-0.3, -0.25) is 9.54 Å². The molecule has 1 spiro atoms. The number of thioether (sulfide) groups is 1. The zero-order valence-corrected chi connectivity index (χ0v) is 29.1. The van der Waals surface area contributed by atoms with Crippen LogP contribution < -0.4 is 9.64 Å². The summed E-state index contributed by atoms with van der Waals surface area (Å²) in [5.74, 6) is -0.210. The molecule has 0 bridgehead atoms. The highest BCUT2D eigenvalue weighted by Crippen LogP contribution is 2.59. The number of hydrogen-bond acceptors (Lipinski definition) is 12. The van der Waals surface area contributed by atoms with Crippen molar-refractivity contribution < 1.29 is 36.8 Å². The molecule has 0 radical (unpaired) electrons. The van der Waals surface area contributed by atoms with Gasteiger partial charge in [-0.15, -0.1) is 16.7 Å². The van der Waals surface area contributed by atoms with E-state index < -0.39 is 50.6 Å². The van der Waals surface area contributed by atoms with Gasteiger partial charge in [-0.25, -0.2) is 19.3 Å². The van der Waals surface area contributed by atoms with Crippen LogP contribution in [0.1, 0.15) is 76.9 Å². The number of anilines is 1. The number of hydrogen-bond donors (Lipinski definition) is 1. The van der Waals surface area contributed by atoms with E-state index in [9.17, 15) is 22.6 Å². The molecular weight excluding hydrogens is 636 g/mol. The van der Waals surface area contributed by atoms with E-state index in [1.165, 1.54) is 11.8 Å². The number of carbonyl (C=O) groups excluding carboxylic acids is 2. The van der Waals surface area contributed by atoms with Gasteiger partial charge in [-0.2, -0.15) is 18.5 Å². The first kappa shape index (κ1) is 33.9. The molecule has 3 aromatic rings. The maximum Gasteiger partial charge on any atom is 0.427 e. The fourth-order valence-corrected chi connectivity index (χ4v) is 8.06. The minimum absolute atomic E-state index is 0.150. The highest BCUT2D eigenvalue weighted by molar-refractivity contribution is 7.99. The van der Waals surface area contributed by atoms with Crippen molar-refractivity contribution in [2.75, 3.05) is 23.5 Å². The summed E-state index contributed by atoms with van der Waals surface area (Å²) in [5.41, 5.74) is 0.727. The van der Waals surface area contributed by atoms with Gasteiger partial charge in [0.15, 0.2) is 5.65 Å². The lowest BCUT2D eigenvalue weighted by atomic mass is 9.87. The van der Waals surface area contributed by atoms with Crippen molar-refractivity contribution in [3.05, 3.63) is 28.7 Å². The Kier molecular flexibility index (Phi) is 8.56. The summed E-state index contributed by atoms with van der Waals surface area (Å²) in [7, 11) is -2.72. The molecule has 1 N–H and O–H groups in total. The normalized spacial score (nSPS) is 17.5. The molecule has 1 fully saturated rings. The number of methoxy groups -OCH3 is 1. The standard InChI is InChI=1S/C30H40N6O8S2/c1-16-12-31-19(17(2)21(16)42-9)13-35-23-20-22(34-35)30(10-11-30)18(15-46(39,40)41)14-45-24(20)33-25(32-23)36(26(37)43-28(3,4)5)27(38)44-29(6,7)8/h12,18H,10-11,13-15H2,1-9H3,(H,39,40,41). The molecule has 1 atom stereocenters. The lowest BCUT2D eigenvalue weighted by molar-refractivity contribution is 0.0427. The van der Waals surface area contributed by atoms with Gasteiger partial charge in [0.2, 0.25) is 5.95 Å². The molecule has 1 aliphatic heterocycles. The second kappa shape index (κ2) is 11.6. The predicted molar refractivity (Wildman–Crippen MR) is 171 cm³/mol. The summed E-state index contributed by atoms with van der Waals surface area (Å²) in [6, 6.07) is 0. The smallest absolute Gasteiger partial charge is 0.427 e. The Bertz CT molecular complexity index is 1800. The lowest BCUT2D eigenvalue weighted by Gasteiger charge is -2.27. The number of aromatic nitrogens is 5. The lowest BCUT2D eigenvalue weighted by Crippen LogP contribution is -2.44. The molecule has 1 saturated carbocycles. The van der Waals surface area contributed by atoms with Gasteiger partial charge in [-0.05, 0) is 74.1 Å². The molecule has 16 heteroatoms. The average molecular weight is 677 g/mol. The SMILES string of the molecule is COc1c(C)cnc(Cn2nc3c4c(nc(N(C(=O)OC(C)(C)C)C(=O)OC(C)(C)C)nc42)SCC(CS(=O)(=O)O)C32CC2)c1C. The Morgan fingerprint density at radius 1 is 1.09 bits per heavy atom. The highest BCUT2D eigenvalue weighted by Gasteiger charge is 2.56. The van der Waals surface area contributed by atoms with Crippen molar-refractivity contribution >= 4 is 51.0 Å². The summed E-state index contributed by atoms with van der Waals surface area (Å²) in [6.45, 7) is 14.0. The molecule has 250 valence electrons. The van der Waals surface area contributed by atoms with E-state index in [2.05, 4.69) is 9.97 Å². The van der Waals surface area contributed by atoms with E-state index in [1.807, 2.05) is 13.8 Å². The van der Waals surface area contributed by atoms with E-state index in [1.54, 1.807) is 59.5 Å². The number of nitrogens with zero attached hydrogens (tertiary/aromatic N) is 6. The molecule has 3 aromatic heterocycles. The van der Waals surface area contributed by atoms with Crippen LogP contribution >= 0.6 is 11.8 Å². The predicted octanol–water partition coefficient (Wildman–Crippen LogP) is 5.21. The zero-order chi connectivity index (χ0) is 34.0. The van der Waals surface area contributed by atoms with Crippen LogP contribution in [0.2, 0.25) is 0 Å². The van der Waals surface area contributed by atoms with Gasteiger partial charge in [0, 0.05) is 28.5 Å². The molecule has 0 saturated heterocycles. The van der Waals surface area contributed by atoms with Gasteiger partial charge in [0.25, 0.3) is 10.1 Å². The van der Waals surface area contributed by atoms with E-state index >= 15 is 0 Å². The first-order valence-corrected chi connectivity index (χ1v) is 17.4. The number of carbonyl (C=O) groups is 2. The van der Waals surface area contributed by atoms with Crippen molar-refractivity contribution in [2.45, 2.75) is 96.4 Å². The average Bonchev–Trinajstić information content (AvgIpc) is 3.63. The number of amides is 2. The van der Waals surface area contributed by atoms with Crippen LogP contribution in [0.4, 0.5) is 15.5 Å². The maximum atomic E-state index is 13.5. The molecule has 2 amide bonds. The Hall–Kier alpha value is -3.50. The number of pyridine rings is 1. The van der Waals surface area contributed by atoms with Crippen molar-refractivity contribution in [1.29, 1.82) is 0 Å². The molecular formula is C30H40N6O8S2. The van der Waals surface area contributed by atoms with Crippen molar-refractivity contribution in [2.24, 2.45) is 5.92 Å². The summed E-state index contributed by atoms with van der Waals surface area (Å²) >= 11 is 1.26. The van der Waals surface area contributed by atoms with Crippen LogP contribution in [0, 0.1) is 19.8 Å². The Labute approximate surface area is 272 Å². The van der Waals surface area contributed by atoms with Crippen LogP contribution in [0.3, 0.4) is 0 Å². The van der Waals surface area contributed by atoms with Crippen molar-refractivity contribution in [1.82, 2.24) is 24.7 Å². The van der Waals surface area contributed by atoms with Gasteiger partial charge in [-0.1, -0.05) is 0 Å². The second-order valence-corrected chi connectivity index (χ2v) is 16.3. The Morgan fingerprint density at radius 3 is 2.22 bits per heavy atom. The topological polar surface area (TPSA) is 176 Å². The molecule has 46 heavy (non-hydrogen) atoms. The van der Waals surface area contributed by atoms with E-state index in [0.717, 1.165) is 11.1 Å². The summed E-state index contributed by atoms with van der Waals surface area (Å²) in [5, 5.41) is 5.99. The van der Waals surface area contributed by atoms with Crippen LogP contribution in [0.25, 0.3) is 11.0 Å². The molecule has 1 unspecified atom stereocenters. The number of fused-ring (bicyclic) bond motifs is 1. The molecule has 14 nitrogen and oxygen atoms in total. The maximum absolute atomic E-state index is 13.5. The van der Waals surface area contributed by atoms with Crippen molar-refractivity contribution in [3.63, 3.8) is 0 Å². The molecule has 5 rings (SSSR count). The van der Waals surface area contributed by atoms with Gasteiger partial charge in [0.05, 0.1) is 36.2 Å². The first-order valence-electron chi connectivity index (χ1n) is 14.8. The quantitative estimate of drug-likeness (QED) is 0.266. The van der Waals surface area contributed by atoms with Gasteiger partial charge in [0.1, 0.15) is 22.0 Å². The number of ether oxygens (including phenoxy) is 3. The van der Waals surface area contributed by atoms with Crippen LogP contribution in [0.15, 0.2) is 11.2 Å². The molecule has 4 heterocycles. The third-order valence-corrected chi connectivity index (χ3v) is 9.78. The number of imide groups is 1. The van der Waals surface area contributed by atoms with Gasteiger partial charge < -0.3 is 14.2 Å². The van der Waals surface area contributed by atoms with Crippen LogP contribution in [0.5, 0.6) is 5.75 Å². The summed E-state index contributed by atoms with van der Waals surface area (Å²) in [6.07, 6.45) is 0.983. The largest absolute Gasteiger partial charge is 0.496 e. The second-order valence-electron chi connectivity index (χ2n) is 13.8. The Morgan fingerprint density at radius 2 is 1.70 bits per heavy atom. The fourth-order valence-electron chi connectivity index (χ4n) is 5.69. The van der Waals surface area contributed by atoms with Gasteiger partial charge >= 0.3 is 12.2 Å². The summed E-state index contributed by atoms with van der Waals surface area (Å²) < 4.78 is 52.4. The van der Waals surface area contributed by atoms with E-state index in [4.69, 9.17) is 24.3 Å². The molecule has 0 aromatic carbocycles. The molecule has 2 aliphatic rings. The minimum Gasteiger partial charge on any atom is -0.496 e. The Balaban J connectivity index is 1.73. The van der Waals surface area contributed by atoms with Crippen LogP contribution in [-0.4, -0.2) is 79.7 Å². The minimum atomic E-state index is -4.30. The zero-order valence-electron chi connectivity index (χ0n) is 27.5. The first-order chi connectivity index (χ1) is 21.2. The molecule has 1 aliphatic carbocycles. The highest BCUT2D eigenvalue weighted by atomic mass is 32.2. The number of rotatable bonds is 6. The summed E-state index contributed by atoms with van der Waals surface area (Å²) in [4.78, 5) is 41.8. The third kappa shape index (κ3) is 6.79. The number of aryl methyl sites for hydroxylation is 1. The fraction of sp³-hybridized carbons (Fsp3) is 0.600. The third-order valence-electron chi connectivity index (χ3n) is 7.82. The van der Waals surface area contributed by atoms with Crippen LogP contribution in [-0.2, 0) is 31.6 Å². The monoisotopic (exact) mass is 676 g/mol.